The number of ether oxygens (including phenoxy) is 2. The maximum atomic E-state index is 8.96. The molecule has 0 atom stereocenters. The molecule has 2 aromatic rings. The molecule has 0 aliphatic rings. The van der Waals surface area contributed by atoms with E-state index in [2.05, 4.69) is 6.07 Å². The Morgan fingerprint density at radius 1 is 0.950 bits per heavy atom. The normalized spacial score (nSPS) is 9.95. The van der Waals surface area contributed by atoms with Gasteiger partial charge in [-0.1, -0.05) is 0 Å². The van der Waals surface area contributed by atoms with Crippen molar-refractivity contribution >= 4 is 0 Å². The summed E-state index contributed by atoms with van der Waals surface area (Å²) in [5.74, 6) is 2.40. The monoisotopic (exact) mass is 267 g/mol. The lowest BCUT2D eigenvalue weighted by molar-refractivity contribution is 0.409. The van der Waals surface area contributed by atoms with E-state index in [-0.39, 0.29) is 0 Å². The lowest BCUT2D eigenvalue weighted by Crippen LogP contribution is -1.94. The lowest BCUT2D eigenvalue weighted by atomic mass is 10.1. The van der Waals surface area contributed by atoms with Gasteiger partial charge < -0.3 is 9.47 Å². The van der Waals surface area contributed by atoms with Gasteiger partial charge in [-0.25, -0.2) is 0 Å². The Bertz CT molecular complexity index is 661. The minimum absolute atomic E-state index is 0.651. The Morgan fingerprint density at radius 3 is 2.10 bits per heavy atom. The molecule has 0 aliphatic heterocycles. The summed E-state index contributed by atoms with van der Waals surface area (Å²) in [6.07, 6.45) is 0. The molecule has 2 aromatic carbocycles. The fourth-order valence-corrected chi connectivity index (χ4v) is 2.21. The summed E-state index contributed by atoms with van der Waals surface area (Å²) in [7, 11) is 1.65. The standard InChI is InChI=1S/C17H17NO2/c1-11-9-15(5-6-16(11)19-4)20-17-12(2)7-14(10-18)8-13(17)3/h5-9H,1-4H3. The highest BCUT2D eigenvalue weighted by Crippen LogP contribution is 2.32. The van der Waals surface area contributed by atoms with E-state index >= 15 is 0 Å². The van der Waals surface area contributed by atoms with Crippen LogP contribution in [0.4, 0.5) is 0 Å². The first kappa shape index (κ1) is 14.0. The van der Waals surface area contributed by atoms with Crippen molar-refractivity contribution in [2.45, 2.75) is 20.8 Å². The third-order valence-electron chi connectivity index (χ3n) is 3.18. The molecule has 0 fully saturated rings. The highest BCUT2D eigenvalue weighted by Gasteiger charge is 2.09. The van der Waals surface area contributed by atoms with Gasteiger partial charge in [0.25, 0.3) is 0 Å². The molecular formula is C17H17NO2. The van der Waals surface area contributed by atoms with Crippen LogP contribution in [0.3, 0.4) is 0 Å². The van der Waals surface area contributed by atoms with Crippen LogP contribution in [-0.2, 0) is 0 Å². The Labute approximate surface area is 119 Å². The van der Waals surface area contributed by atoms with E-state index in [9.17, 15) is 0 Å². The van der Waals surface area contributed by atoms with E-state index in [4.69, 9.17) is 14.7 Å². The van der Waals surface area contributed by atoms with Crippen LogP contribution in [0.15, 0.2) is 30.3 Å². The summed E-state index contributed by atoms with van der Waals surface area (Å²) < 4.78 is 11.2. The van der Waals surface area contributed by atoms with Gasteiger partial charge in [-0.15, -0.1) is 0 Å². The van der Waals surface area contributed by atoms with Crippen molar-refractivity contribution in [3.05, 3.63) is 52.6 Å². The average Bonchev–Trinajstić information content (AvgIpc) is 2.42. The molecule has 3 heteroatoms. The quantitative estimate of drug-likeness (QED) is 0.833. The predicted octanol–water partition coefficient (Wildman–Crippen LogP) is 4.28. The molecule has 0 unspecified atom stereocenters. The first-order valence-electron chi connectivity index (χ1n) is 6.39. The van der Waals surface area contributed by atoms with E-state index in [1.165, 1.54) is 0 Å². The number of aryl methyl sites for hydroxylation is 3. The number of rotatable bonds is 3. The highest BCUT2D eigenvalue weighted by atomic mass is 16.5. The summed E-state index contributed by atoms with van der Waals surface area (Å²) in [6, 6.07) is 11.5. The molecule has 0 aliphatic carbocycles. The number of nitriles is 1. The third kappa shape index (κ3) is 2.75. The maximum Gasteiger partial charge on any atom is 0.133 e. The molecular weight excluding hydrogens is 250 g/mol. The fourth-order valence-electron chi connectivity index (χ4n) is 2.21. The second-order valence-electron chi connectivity index (χ2n) is 4.78. The minimum atomic E-state index is 0.651. The number of hydrogen-bond acceptors (Lipinski definition) is 3. The van der Waals surface area contributed by atoms with Crippen LogP contribution >= 0.6 is 0 Å². The highest BCUT2D eigenvalue weighted by molar-refractivity contribution is 5.50. The molecule has 0 spiro atoms. The van der Waals surface area contributed by atoms with Gasteiger partial charge in [-0.2, -0.15) is 5.26 Å². The SMILES string of the molecule is COc1ccc(Oc2c(C)cc(C#N)cc2C)cc1C. The van der Waals surface area contributed by atoms with Crippen molar-refractivity contribution in [2.24, 2.45) is 0 Å². The fraction of sp³-hybridized carbons (Fsp3) is 0.235. The Hall–Kier alpha value is -2.47. The van der Waals surface area contributed by atoms with Gasteiger partial charge in [0.15, 0.2) is 0 Å². The smallest absolute Gasteiger partial charge is 0.133 e. The summed E-state index contributed by atoms with van der Waals surface area (Å²) >= 11 is 0. The molecule has 102 valence electrons. The van der Waals surface area contributed by atoms with Crippen LogP contribution in [0.1, 0.15) is 22.3 Å². The zero-order valence-electron chi connectivity index (χ0n) is 12.2. The van der Waals surface area contributed by atoms with Gasteiger partial charge in [0.2, 0.25) is 0 Å². The van der Waals surface area contributed by atoms with E-state index in [1.807, 2.05) is 51.1 Å². The number of methoxy groups -OCH3 is 1. The van der Waals surface area contributed by atoms with Crippen LogP contribution in [-0.4, -0.2) is 7.11 Å². The lowest BCUT2D eigenvalue weighted by Gasteiger charge is -2.13. The maximum absolute atomic E-state index is 8.96. The minimum Gasteiger partial charge on any atom is -0.496 e. The molecule has 20 heavy (non-hydrogen) atoms. The summed E-state index contributed by atoms with van der Waals surface area (Å²) in [4.78, 5) is 0. The molecule has 0 heterocycles. The number of benzene rings is 2. The molecule has 0 N–H and O–H groups in total. The van der Waals surface area contributed by atoms with Crippen molar-refractivity contribution in [3.63, 3.8) is 0 Å². The molecule has 3 nitrogen and oxygen atoms in total. The van der Waals surface area contributed by atoms with Crippen LogP contribution < -0.4 is 9.47 Å². The largest absolute Gasteiger partial charge is 0.496 e. The van der Waals surface area contributed by atoms with Gasteiger partial charge in [-0.3, -0.25) is 0 Å². The van der Waals surface area contributed by atoms with Crippen molar-refractivity contribution < 1.29 is 9.47 Å². The zero-order valence-corrected chi connectivity index (χ0v) is 12.2. The number of nitrogens with zero attached hydrogens (tertiary/aromatic N) is 1. The van der Waals surface area contributed by atoms with E-state index in [0.29, 0.717) is 5.56 Å². The van der Waals surface area contributed by atoms with E-state index in [0.717, 1.165) is 33.9 Å². The average molecular weight is 267 g/mol. The second-order valence-corrected chi connectivity index (χ2v) is 4.78. The van der Waals surface area contributed by atoms with Crippen molar-refractivity contribution in [3.8, 4) is 23.3 Å². The first-order chi connectivity index (χ1) is 9.55. The molecule has 0 radical (unpaired) electrons. The van der Waals surface area contributed by atoms with Gasteiger partial charge in [0.05, 0.1) is 18.7 Å². The third-order valence-corrected chi connectivity index (χ3v) is 3.18. The Morgan fingerprint density at radius 2 is 1.60 bits per heavy atom. The van der Waals surface area contributed by atoms with Crippen LogP contribution in [0.2, 0.25) is 0 Å². The van der Waals surface area contributed by atoms with E-state index in [1.54, 1.807) is 7.11 Å². The number of hydrogen-bond donors (Lipinski definition) is 0. The van der Waals surface area contributed by atoms with Crippen molar-refractivity contribution in [1.29, 1.82) is 5.26 Å². The Balaban J connectivity index is 2.35. The molecule has 0 amide bonds. The first-order valence-corrected chi connectivity index (χ1v) is 6.39. The molecule has 0 saturated carbocycles. The zero-order chi connectivity index (χ0) is 14.7. The second kappa shape index (κ2) is 5.66. The van der Waals surface area contributed by atoms with Gasteiger partial charge >= 0.3 is 0 Å². The van der Waals surface area contributed by atoms with E-state index < -0.39 is 0 Å². The van der Waals surface area contributed by atoms with Gasteiger partial charge in [-0.05, 0) is 67.8 Å². The van der Waals surface area contributed by atoms with Gasteiger partial charge in [0, 0.05) is 0 Å². The predicted molar refractivity (Wildman–Crippen MR) is 78.4 cm³/mol. The summed E-state index contributed by atoms with van der Waals surface area (Å²) in [5.41, 5.74) is 3.58. The van der Waals surface area contributed by atoms with Crippen LogP contribution in [0.25, 0.3) is 0 Å². The van der Waals surface area contributed by atoms with Crippen LogP contribution in [0, 0.1) is 32.1 Å². The summed E-state index contributed by atoms with van der Waals surface area (Å²) in [5, 5.41) is 8.96. The molecule has 2 rings (SSSR count). The van der Waals surface area contributed by atoms with Crippen LogP contribution in [0.5, 0.6) is 17.2 Å². The van der Waals surface area contributed by atoms with Crippen molar-refractivity contribution in [2.75, 3.05) is 7.11 Å². The Kier molecular flexibility index (Phi) is 3.95. The molecule has 0 bridgehead atoms. The molecule has 0 aromatic heterocycles. The molecule has 0 saturated heterocycles. The summed E-state index contributed by atoms with van der Waals surface area (Å²) in [6.45, 7) is 5.86. The van der Waals surface area contributed by atoms with Gasteiger partial charge in [0.1, 0.15) is 17.2 Å². The van der Waals surface area contributed by atoms with Crippen molar-refractivity contribution in [1.82, 2.24) is 0 Å². The topological polar surface area (TPSA) is 42.2 Å².